The van der Waals surface area contributed by atoms with Crippen LogP contribution in [-0.2, 0) is 5.60 Å². The van der Waals surface area contributed by atoms with E-state index in [-0.39, 0.29) is 0 Å². The number of aromatic nitrogens is 4. The molecular formula is C22H25N5O2S. The number of anilines is 1. The van der Waals surface area contributed by atoms with Crippen molar-refractivity contribution < 1.29 is 10.2 Å². The second-order valence-corrected chi connectivity index (χ2v) is 8.70. The summed E-state index contributed by atoms with van der Waals surface area (Å²) in [5.74, 6) is 5.74. The van der Waals surface area contributed by atoms with E-state index in [4.69, 9.17) is 0 Å². The van der Waals surface area contributed by atoms with Crippen LogP contribution in [0.15, 0.2) is 48.5 Å². The monoisotopic (exact) mass is 423 g/mol. The Balaban J connectivity index is 1.84. The summed E-state index contributed by atoms with van der Waals surface area (Å²) in [6, 6.07) is 3.68. The number of nitrogens with zero attached hydrogens (tertiary/aromatic N) is 4. The molecule has 0 amide bonds. The predicted molar refractivity (Wildman–Crippen MR) is 119 cm³/mol. The number of rotatable bonds is 6. The lowest BCUT2D eigenvalue weighted by Gasteiger charge is -2.28. The van der Waals surface area contributed by atoms with Crippen molar-refractivity contribution in [2.24, 2.45) is 0 Å². The van der Waals surface area contributed by atoms with Gasteiger partial charge in [0.2, 0.25) is 0 Å². The van der Waals surface area contributed by atoms with Crippen LogP contribution in [0.5, 0.6) is 0 Å². The number of pyridine rings is 1. The number of allylic oxidation sites excluding steroid dienone is 1. The lowest BCUT2D eigenvalue weighted by atomic mass is 10.1. The molecule has 0 spiro atoms. The minimum atomic E-state index is -1.33. The Morgan fingerprint density at radius 2 is 2.03 bits per heavy atom. The fourth-order valence-electron chi connectivity index (χ4n) is 2.74. The van der Waals surface area contributed by atoms with Crippen molar-refractivity contribution in [3.05, 3.63) is 64.8 Å². The minimum absolute atomic E-state index is 0.383. The van der Waals surface area contributed by atoms with Crippen molar-refractivity contribution in [2.75, 3.05) is 11.4 Å². The summed E-state index contributed by atoms with van der Waals surface area (Å²) in [7, 11) is 0. The first-order valence-electron chi connectivity index (χ1n) is 9.42. The summed E-state index contributed by atoms with van der Waals surface area (Å²) in [4.78, 5) is 10.5. The lowest BCUT2D eigenvalue weighted by Crippen LogP contribution is -2.35. The third-order valence-corrected chi connectivity index (χ3v) is 5.21. The Hall–Kier alpha value is -2.99. The Morgan fingerprint density at radius 3 is 2.60 bits per heavy atom. The normalized spacial score (nSPS) is 14.0. The van der Waals surface area contributed by atoms with Crippen LogP contribution < -0.4 is 4.90 Å². The average molecular weight is 424 g/mol. The number of hydrogen-bond acceptors (Lipinski definition) is 7. The topological polar surface area (TPSA) is 98.2 Å². The van der Waals surface area contributed by atoms with Gasteiger partial charge in [0.05, 0.1) is 30.2 Å². The van der Waals surface area contributed by atoms with Gasteiger partial charge in [0.1, 0.15) is 10.7 Å². The van der Waals surface area contributed by atoms with Gasteiger partial charge in [-0.1, -0.05) is 5.92 Å². The van der Waals surface area contributed by atoms with E-state index in [0.717, 1.165) is 16.8 Å². The van der Waals surface area contributed by atoms with Crippen molar-refractivity contribution >= 4 is 22.6 Å². The van der Waals surface area contributed by atoms with Crippen molar-refractivity contribution in [1.82, 2.24) is 20.2 Å². The second-order valence-electron chi connectivity index (χ2n) is 7.80. The van der Waals surface area contributed by atoms with Crippen molar-refractivity contribution in [2.45, 2.75) is 38.9 Å². The van der Waals surface area contributed by atoms with Crippen LogP contribution in [0.3, 0.4) is 0 Å². The van der Waals surface area contributed by atoms with Gasteiger partial charge in [-0.2, -0.15) is 5.10 Å². The quantitative estimate of drug-likeness (QED) is 0.527. The van der Waals surface area contributed by atoms with Gasteiger partial charge >= 0.3 is 0 Å². The second kappa shape index (κ2) is 8.79. The summed E-state index contributed by atoms with van der Waals surface area (Å²) < 4.78 is 0. The molecule has 3 heterocycles. The van der Waals surface area contributed by atoms with E-state index in [1.54, 1.807) is 50.8 Å². The standard InChI is InChI=1S/C22H25N5O2S/c1-16(17-11-25-26-12-17)14-27(15-21(2,3)28)19-6-5-18(24-13-19)7-8-22(4,29)20-23-9-10-30-20/h5-6,9-14,28-29H,15H2,1-4H3,(H,25,26)/b16-14+. The van der Waals surface area contributed by atoms with Gasteiger partial charge in [-0.3, -0.25) is 5.10 Å². The molecule has 3 rings (SSSR count). The average Bonchev–Trinajstić information content (AvgIpc) is 3.39. The number of aliphatic hydroxyl groups is 2. The number of aromatic amines is 1. The lowest BCUT2D eigenvalue weighted by molar-refractivity contribution is 0.0895. The first-order chi connectivity index (χ1) is 14.1. The van der Waals surface area contributed by atoms with Crippen LogP contribution in [0, 0.1) is 11.8 Å². The molecule has 1 atom stereocenters. The Bertz CT molecular complexity index is 1040. The summed E-state index contributed by atoms with van der Waals surface area (Å²) in [5, 5.41) is 30.0. The number of thiazole rings is 1. The van der Waals surface area contributed by atoms with Crippen LogP contribution in [-0.4, -0.2) is 42.5 Å². The molecule has 0 radical (unpaired) electrons. The summed E-state index contributed by atoms with van der Waals surface area (Å²) in [6.45, 7) is 7.50. The van der Waals surface area contributed by atoms with E-state index in [1.807, 2.05) is 30.3 Å². The van der Waals surface area contributed by atoms with Crippen molar-refractivity contribution in [3.63, 3.8) is 0 Å². The van der Waals surface area contributed by atoms with Gasteiger partial charge in [-0.05, 0) is 51.3 Å². The van der Waals surface area contributed by atoms with Gasteiger partial charge in [-0.15, -0.1) is 11.3 Å². The van der Waals surface area contributed by atoms with Gasteiger partial charge in [0, 0.05) is 29.5 Å². The fourth-order valence-corrected chi connectivity index (χ4v) is 3.39. The molecule has 3 aromatic heterocycles. The Labute approximate surface area is 180 Å². The maximum absolute atomic E-state index is 10.5. The van der Waals surface area contributed by atoms with Crippen LogP contribution >= 0.6 is 11.3 Å². The minimum Gasteiger partial charge on any atom is -0.389 e. The molecule has 0 fully saturated rings. The Morgan fingerprint density at radius 1 is 1.23 bits per heavy atom. The predicted octanol–water partition coefficient (Wildman–Crippen LogP) is 3.16. The molecule has 0 bridgehead atoms. The molecule has 7 nitrogen and oxygen atoms in total. The van der Waals surface area contributed by atoms with E-state index >= 15 is 0 Å². The first-order valence-corrected chi connectivity index (χ1v) is 10.3. The molecule has 3 aromatic rings. The molecule has 156 valence electrons. The van der Waals surface area contributed by atoms with E-state index in [1.165, 1.54) is 11.3 Å². The largest absolute Gasteiger partial charge is 0.389 e. The smallest absolute Gasteiger partial charge is 0.174 e. The van der Waals surface area contributed by atoms with Gasteiger partial charge in [-0.25, -0.2) is 9.97 Å². The molecular weight excluding hydrogens is 398 g/mol. The van der Waals surface area contributed by atoms with E-state index in [2.05, 4.69) is 32.0 Å². The molecule has 0 aliphatic heterocycles. The maximum Gasteiger partial charge on any atom is 0.174 e. The zero-order chi connectivity index (χ0) is 21.8. The van der Waals surface area contributed by atoms with Crippen molar-refractivity contribution in [1.29, 1.82) is 0 Å². The van der Waals surface area contributed by atoms with Crippen LogP contribution in [0.2, 0.25) is 0 Å². The zero-order valence-electron chi connectivity index (χ0n) is 17.4. The third kappa shape index (κ3) is 5.76. The zero-order valence-corrected chi connectivity index (χ0v) is 18.2. The van der Waals surface area contributed by atoms with Gasteiger partial charge in [0.15, 0.2) is 5.60 Å². The first kappa shape index (κ1) is 21.7. The van der Waals surface area contributed by atoms with Crippen LogP contribution in [0.4, 0.5) is 5.69 Å². The SMILES string of the molecule is C/C(=C\N(CC(C)(C)O)c1ccc(C#CC(C)(O)c2nccs2)nc1)c1cn[nH]c1. The van der Waals surface area contributed by atoms with Crippen molar-refractivity contribution in [3.8, 4) is 11.8 Å². The molecule has 0 saturated carbocycles. The molecule has 0 aromatic carbocycles. The van der Waals surface area contributed by atoms with E-state index < -0.39 is 11.2 Å². The fraction of sp³-hybridized carbons (Fsp3) is 0.318. The summed E-state index contributed by atoms with van der Waals surface area (Å²) in [6.07, 6.45) is 8.86. The van der Waals surface area contributed by atoms with Crippen LogP contribution in [0.1, 0.15) is 44.0 Å². The highest BCUT2D eigenvalue weighted by Crippen LogP contribution is 2.23. The number of H-pyrrole nitrogens is 1. The molecule has 3 N–H and O–H groups in total. The highest BCUT2D eigenvalue weighted by Gasteiger charge is 2.23. The third-order valence-electron chi connectivity index (χ3n) is 4.22. The van der Waals surface area contributed by atoms with Crippen LogP contribution in [0.25, 0.3) is 5.57 Å². The van der Waals surface area contributed by atoms with Gasteiger partial charge in [0.25, 0.3) is 0 Å². The van der Waals surface area contributed by atoms with E-state index in [0.29, 0.717) is 17.2 Å². The van der Waals surface area contributed by atoms with E-state index in [9.17, 15) is 10.2 Å². The maximum atomic E-state index is 10.5. The summed E-state index contributed by atoms with van der Waals surface area (Å²) >= 11 is 1.35. The molecule has 30 heavy (non-hydrogen) atoms. The highest BCUT2D eigenvalue weighted by atomic mass is 32.1. The molecule has 0 aliphatic carbocycles. The molecule has 0 aliphatic rings. The summed E-state index contributed by atoms with van der Waals surface area (Å²) in [5.41, 5.74) is 1.09. The molecule has 1 unspecified atom stereocenters. The van der Waals surface area contributed by atoms with Gasteiger partial charge < -0.3 is 15.1 Å². The molecule has 8 heteroatoms. The highest BCUT2D eigenvalue weighted by molar-refractivity contribution is 7.09. The molecule has 0 saturated heterocycles. The number of nitrogens with one attached hydrogen (secondary N) is 1. The number of hydrogen-bond donors (Lipinski definition) is 3. The Kier molecular flexibility index (Phi) is 6.37.